The molecule has 5 heteroatoms. The lowest BCUT2D eigenvalue weighted by atomic mass is 10.2. The summed E-state index contributed by atoms with van der Waals surface area (Å²) < 4.78 is 5.47. The van der Waals surface area contributed by atoms with Crippen molar-refractivity contribution in [1.29, 1.82) is 0 Å². The molecule has 2 unspecified atom stereocenters. The van der Waals surface area contributed by atoms with Gasteiger partial charge in [0.05, 0.1) is 18.3 Å². The summed E-state index contributed by atoms with van der Waals surface area (Å²) in [4.78, 5) is 11.5. The fourth-order valence-corrected chi connectivity index (χ4v) is 1.32. The molecule has 0 aromatic rings. The Morgan fingerprint density at radius 1 is 1.37 bits per heavy atom. The van der Waals surface area contributed by atoms with Crippen molar-refractivity contribution in [1.82, 2.24) is 10.6 Å². The number of amides is 1. The number of hydrogen-bond donors (Lipinski definition) is 3. The smallest absolute Gasteiger partial charge is 0.221 e. The molecule has 2 atom stereocenters. The van der Waals surface area contributed by atoms with Crippen molar-refractivity contribution in [3.8, 4) is 0 Å². The van der Waals surface area contributed by atoms with Crippen LogP contribution in [-0.2, 0) is 9.53 Å². The Bertz CT molecular complexity index is 252. The molecule has 0 fully saturated rings. The van der Waals surface area contributed by atoms with E-state index in [2.05, 4.69) is 10.6 Å². The van der Waals surface area contributed by atoms with Crippen molar-refractivity contribution in [2.75, 3.05) is 19.7 Å². The Kier molecular flexibility index (Phi) is 8.97. The molecule has 1 amide bonds. The first-order chi connectivity index (χ1) is 8.74. The third-order valence-electron chi connectivity index (χ3n) is 2.64. The highest BCUT2D eigenvalue weighted by Gasteiger charge is 2.13. The highest BCUT2D eigenvalue weighted by Crippen LogP contribution is 2.06. The van der Waals surface area contributed by atoms with Gasteiger partial charge in [0.1, 0.15) is 0 Å². The van der Waals surface area contributed by atoms with Crippen molar-refractivity contribution >= 4 is 5.91 Å². The zero-order chi connectivity index (χ0) is 14.9. The third kappa shape index (κ3) is 12.1. The average Bonchev–Trinajstić information content (AvgIpc) is 2.31. The Labute approximate surface area is 117 Å². The summed E-state index contributed by atoms with van der Waals surface area (Å²) in [6.07, 6.45) is 0.816. The van der Waals surface area contributed by atoms with Crippen LogP contribution in [0, 0.1) is 0 Å². The number of rotatable bonds is 9. The van der Waals surface area contributed by atoms with Crippen LogP contribution < -0.4 is 10.6 Å². The van der Waals surface area contributed by atoms with Crippen LogP contribution in [0.15, 0.2) is 0 Å². The Hall–Kier alpha value is -0.650. The van der Waals surface area contributed by atoms with Crippen LogP contribution in [0.1, 0.15) is 47.5 Å². The lowest BCUT2D eigenvalue weighted by Gasteiger charge is -2.22. The van der Waals surface area contributed by atoms with Crippen LogP contribution in [0.4, 0.5) is 0 Å². The van der Waals surface area contributed by atoms with Gasteiger partial charge in [0.15, 0.2) is 0 Å². The lowest BCUT2D eigenvalue weighted by molar-refractivity contribution is -0.121. The number of hydrogen-bond acceptors (Lipinski definition) is 4. The summed E-state index contributed by atoms with van der Waals surface area (Å²) in [6.45, 7) is 11.2. The largest absolute Gasteiger partial charge is 0.389 e. The van der Waals surface area contributed by atoms with Crippen LogP contribution in [0.25, 0.3) is 0 Å². The summed E-state index contributed by atoms with van der Waals surface area (Å²) in [7, 11) is 0. The first-order valence-electron chi connectivity index (χ1n) is 7.06. The molecule has 0 radical (unpaired) electrons. The van der Waals surface area contributed by atoms with E-state index >= 15 is 0 Å². The molecule has 0 saturated carbocycles. The first-order valence-corrected chi connectivity index (χ1v) is 7.06. The second-order valence-electron chi connectivity index (χ2n) is 5.91. The van der Waals surface area contributed by atoms with Gasteiger partial charge in [-0.3, -0.25) is 4.79 Å². The maximum Gasteiger partial charge on any atom is 0.221 e. The Morgan fingerprint density at radius 3 is 2.53 bits per heavy atom. The fraction of sp³-hybridized carbons (Fsp3) is 0.929. The van der Waals surface area contributed by atoms with Crippen LogP contribution in [-0.4, -0.2) is 48.5 Å². The van der Waals surface area contributed by atoms with Crippen molar-refractivity contribution in [2.45, 2.75) is 65.2 Å². The van der Waals surface area contributed by atoms with E-state index in [-0.39, 0.29) is 17.6 Å². The Morgan fingerprint density at radius 2 is 2.00 bits per heavy atom. The van der Waals surface area contributed by atoms with Crippen LogP contribution in [0.5, 0.6) is 0 Å². The average molecular weight is 274 g/mol. The van der Waals surface area contributed by atoms with E-state index in [9.17, 15) is 9.90 Å². The van der Waals surface area contributed by atoms with E-state index in [4.69, 9.17) is 4.74 Å². The van der Waals surface area contributed by atoms with Gasteiger partial charge in [0.2, 0.25) is 5.91 Å². The molecular weight excluding hydrogens is 244 g/mol. The predicted octanol–water partition coefficient (Wildman–Crippen LogP) is 1.06. The molecule has 0 heterocycles. The minimum absolute atomic E-state index is 0.0438. The predicted molar refractivity (Wildman–Crippen MR) is 77.1 cm³/mol. The van der Waals surface area contributed by atoms with Crippen molar-refractivity contribution in [3.05, 3.63) is 0 Å². The quantitative estimate of drug-likeness (QED) is 0.550. The van der Waals surface area contributed by atoms with Gasteiger partial charge in [0.25, 0.3) is 0 Å². The van der Waals surface area contributed by atoms with Crippen molar-refractivity contribution in [3.63, 3.8) is 0 Å². The molecule has 0 aliphatic carbocycles. The minimum atomic E-state index is -0.545. The lowest BCUT2D eigenvalue weighted by Crippen LogP contribution is -2.37. The van der Waals surface area contributed by atoms with Crippen LogP contribution in [0.3, 0.4) is 0 Å². The van der Waals surface area contributed by atoms with E-state index in [1.165, 1.54) is 0 Å². The highest BCUT2D eigenvalue weighted by molar-refractivity contribution is 5.76. The van der Waals surface area contributed by atoms with Gasteiger partial charge in [-0.25, -0.2) is 0 Å². The molecule has 0 aliphatic rings. The molecule has 0 aromatic heterocycles. The Balaban J connectivity index is 3.55. The standard InChI is InChI=1S/C14H30N2O3/c1-6-11(2)16-13(18)7-8-15-9-12(17)10-19-14(3,4)5/h11-12,15,17H,6-10H2,1-5H3,(H,16,18). The van der Waals surface area contributed by atoms with Crippen molar-refractivity contribution < 1.29 is 14.6 Å². The highest BCUT2D eigenvalue weighted by atomic mass is 16.5. The molecule has 0 saturated heterocycles. The number of carbonyl (C=O) groups excluding carboxylic acids is 1. The summed E-state index contributed by atoms with van der Waals surface area (Å²) in [6, 6.07) is 0.221. The van der Waals surface area contributed by atoms with E-state index < -0.39 is 6.10 Å². The topological polar surface area (TPSA) is 70.6 Å². The van der Waals surface area contributed by atoms with E-state index in [0.29, 0.717) is 26.1 Å². The van der Waals surface area contributed by atoms with Gasteiger partial charge in [-0.05, 0) is 34.1 Å². The molecule has 0 rings (SSSR count). The number of carbonyl (C=O) groups is 1. The monoisotopic (exact) mass is 274 g/mol. The second kappa shape index (κ2) is 9.28. The minimum Gasteiger partial charge on any atom is -0.389 e. The molecular formula is C14H30N2O3. The summed E-state index contributed by atoms with van der Waals surface area (Å²) in [5.41, 5.74) is -0.239. The zero-order valence-electron chi connectivity index (χ0n) is 13.0. The normalized spacial score (nSPS) is 15.1. The fourth-order valence-electron chi connectivity index (χ4n) is 1.32. The van der Waals surface area contributed by atoms with Crippen LogP contribution >= 0.6 is 0 Å². The molecule has 0 bridgehead atoms. The molecule has 0 aromatic carbocycles. The zero-order valence-corrected chi connectivity index (χ0v) is 13.0. The van der Waals surface area contributed by atoms with Gasteiger partial charge in [0, 0.05) is 25.6 Å². The molecule has 3 N–H and O–H groups in total. The second-order valence-corrected chi connectivity index (χ2v) is 5.91. The summed E-state index contributed by atoms with van der Waals surface area (Å²) in [5.74, 6) is 0.0438. The molecule has 5 nitrogen and oxygen atoms in total. The van der Waals surface area contributed by atoms with Gasteiger partial charge >= 0.3 is 0 Å². The number of aliphatic hydroxyl groups is 1. The summed E-state index contributed by atoms with van der Waals surface area (Å²) in [5, 5.41) is 15.6. The van der Waals surface area contributed by atoms with Crippen molar-refractivity contribution in [2.24, 2.45) is 0 Å². The molecule has 19 heavy (non-hydrogen) atoms. The number of nitrogens with one attached hydrogen (secondary N) is 2. The third-order valence-corrected chi connectivity index (χ3v) is 2.64. The summed E-state index contributed by atoms with van der Waals surface area (Å²) >= 11 is 0. The van der Waals surface area contributed by atoms with Gasteiger partial charge in [-0.1, -0.05) is 6.92 Å². The van der Waals surface area contributed by atoms with Gasteiger partial charge in [-0.15, -0.1) is 0 Å². The van der Waals surface area contributed by atoms with E-state index in [0.717, 1.165) is 6.42 Å². The molecule has 0 aliphatic heterocycles. The number of aliphatic hydroxyl groups excluding tert-OH is 1. The first kappa shape index (κ1) is 18.4. The van der Waals surface area contributed by atoms with Gasteiger partial charge < -0.3 is 20.5 Å². The SMILES string of the molecule is CCC(C)NC(=O)CCNCC(O)COC(C)(C)C. The molecule has 0 spiro atoms. The van der Waals surface area contributed by atoms with Gasteiger partial charge in [-0.2, -0.15) is 0 Å². The van der Waals surface area contributed by atoms with Crippen LogP contribution in [0.2, 0.25) is 0 Å². The maximum atomic E-state index is 11.5. The molecule has 114 valence electrons. The maximum absolute atomic E-state index is 11.5. The van der Waals surface area contributed by atoms with E-state index in [1.54, 1.807) is 0 Å². The number of ether oxygens (including phenoxy) is 1. The van der Waals surface area contributed by atoms with E-state index in [1.807, 2.05) is 34.6 Å².